The maximum Gasteiger partial charge on any atom is 0.242 e. The highest BCUT2D eigenvalue weighted by atomic mass is 16.5. The van der Waals surface area contributed by atoms with Crippen molar-refractivity contribution in [1.29, 1.82) is 0 Å². The van der Waals surface area contributed by atoms with Crippen LogP contribution in [0.2, 0.25) is 0 Å². The number of amides is 2. The zero-order valence-electron chi connectivity index (χ0n) is 13.2. The second-order valence-electron chi connectivity index (χ2n) is 4.76. The van der Waals surface area contributed by atoms with Crippen molar-refractivity contribution >= 4 is 11.8 Å². The van der Waals surface area contributed by atoms with Crippen LogP contribution < -0.4 is 10.1 Å². The summed E-state index contributed by atoms with van der Waals surface area (Å²) in [6.07, 6.45) is 0.964. The molecule has 1 aromatic carbocycles. The molecule has 0 saturated heterocycles. The molecule has 0 fully saturated rings. The lowest BCUT2D eigenvalue weighted by atomic mass is 10.1. The van der Waals surface area contributed by atoms with Crippen LogP contribution in [0.15, 0.2) is 24.3 Å². The van der Waals surface area contributed by atoms with Gasteiger partial charge in [-0.05, 0) is 24.1 Å². The molecule has 0 bridgehead atoms. The zero-order valence-corrected chi connectivity index (χ0v) is 13.2. The maximum atomic E-state index is 12.2. The van der Waals surface area contributed by atoms with E-state index in [0.717, 1.165) is 11.3 Å². The summed E-state index contributed by atoms with van der Waals surface area (Å²) < 4.78 is 5.12. The van der Waals surface area contributed by atoms with Gasteiger partial charge in [0.05, 0.1) is 7.11 Å². The summed E-state index contributed by atoms with van der Waals surface area (Å²) in [7, 11) is 3.20. The number of likely N-dealkylation sites (N-methyl/N-ethyl adjacent to an activating group) is 1. The van der Waals surface area contributed by atoms with E-state index >= 15 is 0 Å². The standard InChI is InChI=1S/C16H24N2O3/c1-5-14(16(20)17-3)18(15(19)6-2)11-12-7-9-13(21-4)10-8-12/h7-10,14H,5-6,11H2,1-4H3,(H,17,20)/t14-/m1/s1. The molecule has 1 aromatic rings. The fourth-order valence-corrected chi connectivity index (χ4v) is 2.22. The average molecular weight is 292 g/mol. The van der Waals surface area contributed by atoms with E-state index in [1.54, 1.807) is 26.0 Å². The first-order valence-corrected chi connectivity index (χ1v) is 7.21. The third-order valence-corrected chi connectivity index (χ3v) is 3.45. The van der Waals surface area contributed by atoms with Gasteiger partial charge in [-0.15, -0.1) is 0 Å². The lowest BCUT2D eigenvalue weighted by Gasteiger charge is -2.30. The number of rotatable bonds is 7. The van der Waals surface area contributed by atoms with Crippen molar-refractivity contribution in [2.24, 2.45) is 0 Å². The Hall–Kier alpha value is -2.04. The lowest BCUT2D eigenvalue weighted by Crippen LogP contribution is -2.47. The van der Waals surface area contributed by atoms with Crippen molar-refractivity contribution in [3.05, 3.63) is 29.8 Å². The molecule has 116 valence electrons. The molecule has 0 heterocycles. The quantitative estimate of drug-likeness (QED) is 0.835. The molecule has 0 radical (unpaired) electrons. The summed E-state index contributed by atoms with van der Waals surface area (Å²) in [4.78, 5) is 25.8. The van der Waals surface area contributed by atoms with Crippen LogP contribution in [-0.2, 0) is 16.1 Å². The number of nitrogens with zero attached hydrogens (tertiary/aromatic N) is 1. The lowest BCUT2D eigenvalue weighted by molar-refractivity contribution is -0.141. The molecule has 0 aromatic heterocycles. The van der Waals surface area contributed by atoms with Gasteiger partial charge in [0.15, 0.2) is 0 Å². The largest absolute Gasteiger partial charge is 0.497 e. The van der Waals surface area contributed by atoms with Crippen molar-refractivity contribution in [3.8, 4) is 5.75 Å². The van der Waals surface area contributed by atoms with E-state index in [9.17, 15) is 9.59 Å². The predicted molar refractivity (Wildman–Crippen MR) is 82.0 cm³/mol. The molecular formula is C16H24N2O3. The van der Waals surface area contributed by atoms with Crippen LogP contribution in [0.25, 0.3) is 0 Å². The minimum Gasteiger partial charge on any atom is -0.497 e. The molecule has 0 aliphatic heterocycles. The Morgan fingerprint density at radius 3 is 2.29 bits per heavy atom. The number of carbonyl (C=O) groups is 2. The highest BCUT2D eigenvalue weighted by Crippen LogP contribution is 2.16. The van der Waals surface area contributed by atoms with Crippen LogP contribution in [0.4, 0.5) is 0 Å². The van der Waals surface area contributed by atoms with E-state index in [1.807, 2.05) is 31.2 Å². The molecule has 2 amide bonds. The van der Waals surface area contributed by atoms with Gasteiger partial charge in [0.25, 0.3) is 0 Å². The first-order chi connectivity index (χ1) is 10.1. The van der Waals surface area contributed by atoms with Gasteiger partial charge in [-0.25, -0.2) is 0 Å². The van der Waals surface area contributed by atoms with E-state index in [1.165, 1.54) is 0 Å². The van der Waals surface area contributed by atoms with Gasteiger partial charge in [0.1, 0.15) is 11.8 Å². The Kier molecular flexibility index (Phi) is 6.72. The molecule has 1 N–H and O–H groups in total. The third-order valence-electron chi connectivity index (χ3n) is 3.45. The second-order valence-corrected chi connectivity index (χ2v) is 4.76. The Morgan fingerprint density at radius 1 is 1.24 bits per heavy atom. The van der Waals surface area contributed by atoms with Crippen LogP contribution in [0.5, 0.6) is 5.75 Å². The molecule has 21 heavy (non-hydrogen) atoms. The van der Waals surface area contributed by atoms with Gasteiger partial charge in [-0.2, -0.15) is 0 Å². The summed E-state index contributed by atoms with van der Waals surface area (Å²) in [6, 6.07) is 7.08. The fourth-order valence-electron chi connectivity index (χ4n) is 2.22. The van der Waals surface area contributed by atoms with Crippen molar-refractivity contribution < 1.29 is 14.3 Å². The second kappa shape index (κ2) is 8.29. The first-order valence-electron chi connectivity index (χ1n) is 7.21. The fraction of sp³-hybridized carbons (Fsp3) is 0.500. The van der Waals surface area contributed by atoms with Gasteiger partial charge >= 0.3 is 0 Å². The van der Waals surface area contributed by atoms with Crippen molar-refractivity contribution in [2.75, 3.05) is 14.2 Å². The Morgan fingerprint density at radius 2 is 1.86 bits per heavy atom. The van der Waals surface area contributed by atoms with Crippen LogP contribution in [0.3, 0.4) is 0 Å². The average Bonchev–Trinajstić information content (AvgIpc) is 2.54. The number of hydrogen-bond acceptors (Lipinski definition) is 3. The number of methoxy groups -OCH3 is 1. The van der Waals surface area contributed by atoms with Crippen LogP contribution in [0.1, 0.15) is 32.3 Å². The molecule has 5 heteroatoms. The molecule has 0 aliphatic rings. The Bertz CT molecular complexity index is 471. The van der Waals surface area contributed by atoms with Crippen molar-refractivity contribution in [2.45, 2.75) is 39.3 Å². The maximum absolute atomic E-state index is 12.2. The molecule has 0 spiro atoms. The van der Waals surface area contributed by atoms with Gasteiger partial charge < -0.3 is 15.0 Å². The molecule has 0 unspecified atom stereocenters. The summed E-state index contributed by atoms with van der Waals surface area (Å²) in [5.74, 6) is 0.611. The van der Waals surface area contributed by atoms with Crippen LogP contribution in [0, 0.1) is 0 Å². The number of carbonyl (C=O) groups excluding carboxylic acids is 2. The molecular weight excluding hydrogens is 268 g/mol. The molecule has 1 rings (SSSR count). The van der Waals surface area contributed by atoms with Crippen LogP contribution >= 0.6 is 0 Å². The topological polar surface area (TPSA) is 58.6 Å². The van der Waals surface area contributed by atoms with E-state index < -0.39 is 6.04 Å². The number of hydrogen-bond donors (Lipinski definition) is 1. The molecule has 5 nitrogen and oxygen atoms in total. The number of benzene rings is 1. The minimum atomic E-state index is -0.440. The first kappa shape index (κ1) is 17.0. The van der Waals surface area contributed by atoms with Crippen LogP contribution in [-0.4, -0.2) is 36.9 Å². The van der Waals surface area contributed by atoms with E-state index in [2.05, 4.69) is 5.32 Å². The third kappa shape index (κ3) is 4.48. The van der Waals surface area contributed by atoms with E-state index in [4.69, 9.17) is 4.74 Å². The van der Waals surface area contributed by atoms with E-state index in [-0.39, 0.29) is 11.8 Å². The highest BCUT2D eigenvalue weighted by molar-refractivity contribution is 5.87. The summed E-state index contributed by atoms with van der Waals surface area (Å²) in [5.41, 5.74) is 0.972. The molecule has 1 atom stereocenters. The monoisotopic (exact) mass is 292 g/mol. The predicted octanol–water partition coefficient (Wildman–Crippen LogP) is 1.96. The van der Waals surface area contributed by atoms with Gasteiger partial charge in [-0.1, -0.05) is 26.0 Å². The van der Waals surface area contributed by atoms with Crippen molar-refractivity contribution in [3.63, 3.8) is 0 Å². The minimum absolute atomic E-state index is 0.0266. The Balaban J connectivity index is 2.96. The van der Waals surface area contributed by atoms with Gasteiger partial charge in [0.2, 0.25) is 11.8 Å². The number of nitrogens with one attached hydrogen (secondary N) is 1. The highest BCUT2D eigenvalue weighted by Gasteiger charge is 2.26. The number of ether oxygens (including phenoxy) is 1. The molecule has 0 saturated carbocycles. The van der Waals surface area contributed by atoms with Gasteiger partial charge in [0, 0.05) is 20.0 Å². The van der Waals surface area contributed by atoms with Crippen molar-refractivity contribution in [1.82, 2.24) is 10.2 Å². The smallest absolute Gasteiger partial charge is 0.242 e. The summed E-state index contributed by atoms with van der Waals surface area (Å²) in [5, 5.41) is 2.63. The zero-order chi connectivity index (χ0) is 15.8. The summed E-state index contributed by atoms with van der Waals surface area (Å²) in [6.45, 7) is 4.13. The molecule has 0 aliphatic carbocycles. The Labute approximate surface area is 126 Å². The van der Waals surface area contributed by atoms with Gasteiger partial charge in [-0.3, -0.25) is 9.59 Å². The SMILES string of the molecule is CCC(=O)N(Cc1ccc(OC)cc1)[C@H](CC)C(=O)NC. The normalized spacial score (nSPS) is 11.6. The van der Waals surface area contributed by atoms with E-state index in [0.29, 0.717) is 19.4 Å². The summed E-state index contributed by atoms with van der Waals surface area (Å²) >= 11 is 0.